The van der Waals surface area contributed by atoms with E-state index < -0.39 is 0 Å². The van der Waals surface area contributed by atoms with Crippen LogP contribution >= 0.6 is 0 Å². The summed E-state index contributed by atoms with van der Waals surface area (Å²) in [4.78, 5) is 0. The van der Waals surface area contributed by atoms with Gasteiger partial charge < -0.3 is 9.47 Å². The number of rotatable bonds is 5. The molecule has 1 unspecified atom stereocenters. The molecule has 12 heavy (non-hydrogen) atoms. The van der Waals surface area contributed by atoms with Gasteiger partial charge in [0.05, 0.1) is 0 Å². The Labute approximate surface area is 76.3 Å². The Morgan fingerprint density at radius 1 is 1.42 bits per heavy atom. The normalized spacial score (nSPS) is 10.9. The van der Waals surface area contributed by atoms with Gasteiger partial charge in [0.25, 0.3) is 0 Å². The molecular formula is C10H20O2. The van der Waals surface area contributed by atoms with E-state index >= 15 is 0 Å². The van der Waals surface area contributed by atoms with Crippen LogP contribution in [0, 0.1) is 11.8 Å². The number of hydrogen-bond donors (Lipinski definition) is 0. The van der Waals surface area contributed by atoms with Crippen LogP contribution in [-0.2, 0) is 9.47 Å². The van der Waals surface area contributed by atoms with Gasteiger partial charge >= 0.3 is 0 Å². The maximum Gasteiger partial charge on any atom is 0.158 e. The molecule has 0 aliphatic rings. The lowest BCUT2D eigenvalue weighted by atomic mass is 10.3. The van der Waals surface area contributed by atoms with Crippen LogP contribution in [0.2, 0.25) is 0 Å². The molecule has 0 radical (unpaired) electrons. The van der Waals surface area contributed by atoms with Crippen molar-refractivity contribution in [2.24, 2.45) is 0 Å². The van der Waals surface area contributed by atoms with Crippen LogP contribution in [0.15, 0.2) is 0 Å². The summed E-state index contributed by atoms with van der Waals surface area (Å²) in [5, 5.41) is 0. The van der Waals surface area contributed by atoms with Gasteiger partial charge in [-0.2, -0.15) is 0 Å². The van der Waals surface area contributed by atoms with Crippen molar-refractivity contribution in [3.63, 3.8) is 0 Å². The summed E-state index contributed by atoms with van der Waals surface area (Å²) in [5.74, 6) is 5.58. The van der Waals surface area contributed by atoms with Crippen LogP contribution < -0.4 is 0 Å². The average Bonchev–Trinajstić information content (AvgIpc) is 2.03. The van der Waals surface area contributed by atoms with E-state index in [0.717, 1.165) is 12.8 Å². The third kappa shape index (κ3) is 7.59. The highest BCUT2D eigenvalue weighted by Crippen LogP contribution is 2.01. The van der Waals surface area contributed by atoms with Crippen molar-refractivity contribution in [1.29, 1.82) is 0 Å². The van der Waals surface area contributed by atoms with E-state index in [-0.39, 0.29) is 13.7 Å². The minimum Gasteiger partial charge on any atom is -0.356 e. The van der Waals surface area contributed by atoms with E-state index in [9.17, 15) is 0 Å². The summed E-state index contributed by atoms with van der Waals surface area (Å²) in [6.07, 6.45) is 1.92. The second-order valence-corrected chi connectivity index (χ2v) is 2.19. The molecule has 0 aromatic carbocycles. The third-order valence-corrected chi connectivity index (χ3v) is 1.31. The van der Waals surface area contributed by atoms with Crippen molar-refractivity contribution in [2.75, 3.05) is 13.7 Å². The second kappa shape index (κ2) is 10.5. The molecule has 0 saturated heterocycles. The van der Waals surface area contributed by atoms with E-state index in [1.54, 1.807) is 14.0 Å². The molecule has 2 nitrogen and oxygen atoms in total. The highest BCUT2D eigenvalue weighted by molar-refractivity contribution is 4.94. The quantitative estimate of drug-likeness (QED) is 0.468. The molecule has 2 heteroatoms. The first kappa shape index (κ1) is 14.0. The summed E-state index contributed by atoms with van der Waals surface area (Å²) < 4.78 is 10.3. The van der Waals surface area contributed by atoms with Gasteiger partial charge in [-0.25, -0.2) is 0 Å². The van der Waals surface area contributed by atoms with E-state index in [1.807, 2.05) is 0 Å². The van der Waals surface area contributed by atoms with Crippen LogP contribution in [0.4, 0.5) is 0 Å². The first-order chi connectivity index (χ1) is 5.35. The van der Waals surface area contributed by atoms with Gasteiger partial charge in [0.2, 0.25) is 0 Å². The van der Waals surface area contributed by atoms with Gasteiger partial charge in [-0.15, -0.1) is 5.92 Å². The number of ether oxygens (including phenoxy) is 2. The summed E-state index contributed by atoms with van der Waals surface area (Å²) >= 11 is 0. The SMILES string of the molecule is C.CC#CCOC(CCC)OC. The van der Waals surface area contributed by atoms with Gasteiger partial charge in [0, 0.05) is 7.11 Å². The largest absolute Gasteiger partial charge is 0.356 e. The molecule has 0 heterocycles. The average molecular weight is 172 g/mol. The van der Waals surface area contributed by atoms with Crippen LogP contribution in [0.3, 0.4) is 0 Å². The molecule has 0 bridgehead atoms. The highest BCUT2D eigenvalue weighted by Gasteiger charge is 2.03. The van der Waals surface area contributed by atoms with E-state index in [1.165, 1.54) is 0 Å². The molecule has 0 saturated carbocycles. The van der Waals surface area contributed by atoms with Gasteiger partial charge in [-0.3, -0.25) is 0 Å². The molecule has 0 rings (SSSR count). The van der Waals surface area contributed by atoms with Crippen molar-refractivity contribution in [2.45, 2.75) is 40.4 Å². The Bertz CT molecular complexity index is 133. The van der Waals surface area contributed by atoms with Gasteiger partial charge in [0.15, 0.2) is 6.29 Å². The zero-order valence-corrected chi connectivity index (χ0v) is 7.52. The molecule has 0 amide bonds. The number of hydrogen-bond acceptors (Lipinski definition) is 2. The van der Waals surface area contributed by atoms with E-state index in [4.69, 9.17) is 9.47 Å². The zero-order valence-electron chi connectivity index (χ0n) is 7.52. The van der Waals surface area contributed by atoms with E-state index in [0.29, 0.717) is 6.61 Å². The summed E-state index contributed by atoms with van der Waals surface area (Å²) in [6, 6.07) is 0. The van der Waals surface area contributed by atoms with Crippen LogP contribution in [0.25, 0.3) is 0 Å². The van der Waals surface area contributed by atoms with Crippen molar-refractivity contribution >= 4 is 0 Å². The Kier molecular flexibility index (Phi) is 12.3. The van der Waals surface area contributed by atoms with Crippen LogP contribution in [-0.4, -0.2) is 20.0 Å². The topological polar surface area (TPSA) is 18.5 Å². The predicted octanol–water partition coefficient (Wildman–Crippen LogP) is 2.44. The van der Waals surface area contributed by atoms with Crippen LogP contribution in [0.5, 0.6) is 0 Å². The standard InChI is InChI=1S/C9H16O2.CH4/c1-4-6-8-11-9(10-3)7-5-2;/h9H,5,7-8H2,1-3H3;1H4. The number of methoxy groups -OCH3 is 1. The lowest BCUT2D eigenvalue weighted by Crippen LogP contribution is -2.14. The minimum atomic E-state index is -0.0825. The maximum atomic E-state index is 5.28. The second-order valence-electron chi connectivity index (χ2n) is 2.19. The Morgan fingerprint density at radius 3 is 2.50 bits per heavy atom. The summed E-state index contributed by atoms with van der Waals surface area (Å²) in [7, 11) is 1.65. The molecule has 72 valence electrons. The Hall–Kier alpha value is -0.520. The first-order valence-electron chi connectivity index (χ1n) is 3.89. The predicted molar refractivity (Wildman–Crippen MR) is 51.8 cm³/mol. The maximum absolute atomic E-state index is 5.28. The molecule has 0 aliphatic carbocycles. The van der Waals surface area contributed by atoms with Gasteiger partial charge in [-0.05, 0) is 13.3 Å². The van der Waals surface area contributed by atoms with Crippen molar-refractivity contribution in [1.82, 2.24) is 0 Å². The monoisotopic (exact) mass is 172 g/mol. The molecule has 0 aliphatic heterocycles. The van der Waals surface area contributed by atoms with Crippen molar-refractivity contribution in [3.8, 4) is 11.8 Å². The molecule has 1 atom stereocenters. The van der Waals surface area contributed by atoms with Crippen molar-refractivity contribution < 1.29 is 9.47 Å². The van der Waals surface area contributed by atoms with Crippen LogP contribution in [0.1, 0.15) is 34.1 Å². The fourth-order valence-corrected chi connectivity index (χ4v) is 0.712. The minimum absolute atomic E-state index is 0. The Morgan fingerprint density at radius 2 is 2.08 bits per heavy atom. The molecule has 0 fully saturated rings. The van der Waals surface area contributed by atoms with Gasteiger partial charge in [-0.1, -0.05) is 26.7 Å². The fraction of sp³-hybridized carbons (Fsp3) is 0.800. The smallest absolute Gasteiger partial charge is 0.158 e. The molecule has 0 aromatic heterocycles. The van der Waals surface area contributed by atoms with E-state index in [2.05, 4.69) is 18.8 Å². The molecule has 0 spiro atoms. The summed E-state index contributed by atoms with van der Waals surface area (Å²) in [5.41, 5.74) is 0. The van der Waals surface area contributed by atoms with Crippen molar-refractivity contribution in [3.05, 3.63) is 0 Å². The lowest BCUT2D eigenvalue weighted by Gasteiger charge is -2.12. The molecule has 0 aromatic rings. The zero-order chi connectivity index (χ0) is 8.53. The highest BCUT2D eigenvalue weighted by atomic mass is 16.7. The summed E-state index contributed by atoms with van der Waals surface area (Å²) in [6.45, 7) is 4.36. The first-order valence-corrected chi connectivity index (χ1v) is 3.89. The molecule has 0 N–H and O–H groups in total. The Balaban J connectivity index is 0. The molecular weight excluding hydrogens is 152 g/mol. The lowest BCUT2D eigenvalue weighted by molar-refractivity contribution is -0.117. The fourth-order valence-electron chi connectivity index (χ4n) is 0.712. The van der Waals surface area contributed by atoms with Gasteiger partial charge in [0.1, 0.15) is 6.61 Å². The third-order valence-electron chi connectivity index (χ3n) is 1.31.